The van der Waals surface area contributed by atoms with E-state index in [0.29, 0.717) is 5.02 Å². The number of rotatable bonds is 5. The number of benzene rings is 1. The van der Waals surface area contributed by atoms with E-state index in [4.69, 9.17) is 11.6 Å². The number of nitrogens with one attached hydrogen (secondary N) is 1. The molecule has 1 aromatic carbocycles. The summed E-state index contributed by atoms with van der Waals surface area (Å²) in [5, 5.41) is 13.5. The van der Waals surface area contributed by atoms with Crippen molar-refractivity contribution in [2.24, 2.45) is 0 Å². The molecule has 1 aliphatic rings. The second kappa shape index (κ2) is 8.03. The highest BCUT2D eigenvalue weighted by atomic mass is 35.5. The Morgan fingerprint density at radius 1 is 1.38 bits per heavy atom. The lowest BCUT2D eigenvalue weighted by molar-refractivity contribution is -0.126. The monoisotopic (exact) mass is 328 g/mol. The first-order valence-corrected chi connectivity index (χ1v) is 8.64. The summed E-state index contributed by atoms with van der Waals surface area (Å²) in [6, 6.07) is 6.85. The van der Waals surface area contributed by atoms with Crippen LogP contribution in [0.15, 0.2) is 24.3 Å². The molecule has 1 heterocycles. The molecule has 4 nitrogen and oxygen atoms in total. The minimum Gasteiger partial charge on any atom is -0.387 e. The van der Waals surface area contributed by atoms with Gasteiger partial charge < -0.3 is 10.4 Å². The third kappa shape index (κ3) is 4.88. The smallest absolute Gasteiger partial charge is 0.237 e. The molecule has 6 heteroatoms. The zero-order chi connectivity index (χ0) is 15.2. The molecule has 2 rings (SSSR count). The number of thioether (sulfide) groups is 1. The van der Waals surface area contributed by atoms with E-state index in [0.717, 1.165) is 30.2 Å². The number of halogens is 1. The van der Waals surface area contributed by atoms with Crippen molar-refractivity contribution in [1.82, 2.24) is 10.2 Å². The number of hydrogen-bond acceptors (Lipinski definition) is 4. The van der Waals surface area contributed by atoms with Crippen molar-refractivity contribution in [3.63, 3.8) is 0 Å². The first kappa shape index (κ1) is 16.6. The van der Waals surface area contributed by atoms with E-state index in [1.807, 2.05) is 18.7 Å². The van der Waals surface area contributed by atoms with E-state index >= 15 is 0 Å². The van der Waals surface area contributed by atoms with Crippen molar-refractivity contribution in [1.29, 1.82) is 0 Å². The van der Waals surface area contributed by atoms with Gasteiger partial charge in [0.1, 0.15) is 0 Å². The van der Waals surface area contributed by atoms with Crippen LogP contribution in [0.3, 0.4) is 0 Å². The fourth-order valence-corrected chi connectivity index (χ4v) is 3.34. The second-order valence-corrected chi connectivity index (χ2v) is 6.80. The maximum Gasteiger partial charge on any atom is 0.237 e. The fourth-order valence-electron chi connectivity index (χ4n) is 2.28. The summed E-state index contributed by atoms with van der Waals surface area (Å²) in [7, 11) is 0. The molecule has 1 amide bonds. The molecule has 1 aromatic rings. The Labute approximate surface area is 134 Å². The highest BCUT2D eigenvalue weighted by Gasteiger charge is 2.23. The van der Waals surface area contributed by atoms with E-state index in [1.165, 1.54) is 0 Å². The topological polar surface area (TPSA) is 52.6 Å². The molecule has 0 aliphatic carbocycles. The number of aliphatic hydroxyl groups is 1. The van der Waals surface area contributed by atoms with Crippen LogP contribution in [0.1, 0.15) is 18.6 Å². The van der Waals surface area contributed by atoms with Crippen LogP contribution in [0.2, 0.25) is 5.02 Å². The molecule has 2 N–H and O–H groups in total. The maximum atomic E-state index is 12.1. The van der Waals surface area contributed by atoms with E-state index < -0.39 is 6.10 Å². The van der Waals surface area contributed by atoms with Gasteiger partial charge in [0.2, 0.25) is 5.91 Å². The van der Waals surface area contributed by atoms with E-state index in [2.05, 4.69) is 10.2 Å². The quantitative estimate of drug-likeness (QED) is 0.867. The van der Waals surface area contributed by atoms with Gasteiger partial charge in [-0.2, -0.15) is 11.8 Å². The lowest BCUT2D eigenvalue weighted by Gasteiger charge is -2.31. The molecule has 1 saturated heterocycles. The van der Waals surface area contributed by atoms with Crippen LogP contribution < -0.4 is 5.32 Å². The number of aliphatic hydroxyl groups excluding tert-OH is 1. The first-order valence-electron chi connectivity index (χ1n) is 7.11. The minimum absolute atomic E-state index is 0.0325. The average molecular weight is 329 g/mol. The van der Waals surface area contributed by atoms with Gasteiger partial charge in [-0.15, -0.1) is 0 Å². The number of nitrogens with zero attached hydrogens (tertiary/aromatic N) is 1. The largest absolute Gasteiger partial charge is 0.387 e. The molecule has 0 aromatic heterocycles. The van der Waals surface area contributed by atoms with Crippen LogP contribution in [-0.2, 0) is 4.79 Å². The van der Waals surface area contributed by atoms with Gasteiger partial charge in [-0.1, -0.05) is 23.7 Å². The zero-order valence-electron chi connectivity index (χ0n) is 12.1. The molecule has 0 radical (unpaired) electrons. The number of amides is 1. The van der Waals surface area contributed by atoms with Gasteiger partial charge in [-0.05, 0) is 24.6 Å². The van der Waals surface area contributed by atoms with E-state index in [-0.39, 0.29) is 18.5 Å². The van der Waals surface area contributed by atoms with Crippen molar-refractivity contribution >= 4 is 29.3 Å². The summed E-state index contributed by atoms with van der Waals surface area (Å²) in [5.74, 6) is 2.12. The Kier molecular flexibility index (Phi) is 6.36. The molecule has 0 saturated carbocycles. The van der Waals surface area contributed by atoms with Crippen molar-refractivity contribution < 1.29 is 9.90 Å². The Hall–Kier alpha value is -0.750. The number of carbonyl (C=O) groups excluding carboxylic acids is 1. The molecule has 116 valence electrons. The fraction of sp³-hybridized carbons (Fsp3) is 0.533. The maximum absolute atomic E-state index is 12.1. The van der Waals surface area contributed by atoms with Gasteiger partial charge in [-0.3, -0.25) is 9.69 Å². The van der Waals surface area contributed by atoms with Gasteiger partial charge in [0, 0.05) is 36.2 Å². The summed E-state index contributed by atoms with van der Waals surface area (Å²) in [6.45, 7) is 4.02. The van der Waals surface area contributed by atoms with Crippen LogP contribution >= 0.6 is 23.4 Å². The van der Waals surface area contributed by atoms with Gasteiger partial charge in [0.25, 0.3) is 0 Å². The molecule has 21 heavy (non-hydrogen) atoms. The molecule has 1 fully saturated rings. The highest BCUT2D eigenvalue weighted by molar-refractivity contribution is 7.99. The van der Waals surface area contributed by atoms with Crippen LogP contribution in [0.4, 0.5) is 0 Å². The summed E-state index contributed by atoms with van der Waals surface area (Å²) < 4.78 is 0. The average Bonchev–Trinajstić information content (AvgIpc) is 2.53. The van der Waals surface area contributed by atoms with Crippen LogP contribution in [0.25, 0.3) is 0 Å². The number of hydrogen-bond donors (Lipinski definition) is 2. The van der Waals surface area contributed by atoms with Gasteiger partial charge in [0.05, 0.1) is 12.1 Å². The van der Waals surface area contributed by atoms with Gasteiger partial charge >= 0.3 is 0 Å². The summed E-state index contributed by atoms with van der Waals surface area (Å²) in [6.07, 6.45) is -0.713. The molecule has 0 bridgehead atoms. The Bertz CT molecular complexity index is 463. The molecular weight excluding hydrogens is 308 g/mol. The lowest BCUT2D eigenvalue weighted by Crippen LogP contribution is -2.48. The van der Waals surface area contributed by atoms with Crippen LogP contribution in [0, 0.1) is 0 Å². The predicted molar refractivity (Wildman–Crippen MR) is 87.8 cm³/mol. The molecule has 2 unspecified atom stereocenters. The van der Waals surface area contributed by atoms with Crippen molar-refractivity contribution in [3.05, 3.63) is 34.9 Å². The van der Waals surface area contributed by atoms with Gasteiger partial charge in [0.15, 0.2) is 0 Å². The highest BCUT2D eigenvalue weighted by Crippen LogP contribution is 2.16. The third-order valence-electron chi connectivity index (χ3n) is 3.70. The Morgan fingerprint density at radius 2 is 2.00 bits per heavy atom. The zero-order valence-corrected chi connectivity index (χ0v) is 13.7. The van der Waals surface area contributed by atoms with Gasteiger partial charge in [-0.25, -0.2) is 0 Å². The first-order chi connectivity index (χ1) is 10.1. The summed E-state index contributed by atoms with van der Waals surface area (Å²) >= 11 is 7.73. The van der Waals surface area contributed by atoms with Crippen molar-refractivity contribution in [2.45, 2.75) is 19.1 Å². The predicted octanol–water partition coefficient (Wildman–Crippen LogP) is 1.93. The number of carbonyl (C=O) groups is 1. The molecule has 2 atom stereocenters. The van der Waals surface area contributed by atoms with E-state index in [9.17, 15) is 9.90 Å². The Balaban J connectivity index is 1.81. The standard InChI is InChI=1S/C15H21ClN2O2S/c1-11(18-6-8-21-9-7-18)15(20)17-10-14(19)12-2-4-13(16)5-3-12/h2-5,11,14,19H,6-10H2,1H3,(H,17,20). The Morgan fingerprint density at radius 3 is 2.62 bits per heavy atom. The van der Waals surface area contributed by atoms with Crippen molar-refractivity contribution in [2.75, 3.05) is 31.1 Å². The van der Waals surface area contributed by atoms with Crippen molar-refractivity contribution in [3.8, 4) is 0 Å². The normalized spacial score (nSPS) is 19.0. The van der Waals surface area contributed by atoms with Crippen LogP contribution in [-0.4, -0.2) is 53.1 Å². The third-order valence-corrected chi connectivity index (χ3v) is 4.89. The minimum atomic E-state index is -0.713. The molecule has 1 aliphatic heterocycles. The SMILES string of the molecule is CC(C(=O)NCC(O)c1ccc(Cl)cc1)N1CCSCC1. The summed E-state index contributed by atoms with van der Waals surface area (Å²) in [5.41, 5.74) is 0.752. The summed E-state index contributed by atoms with van der Waals surface area (Å²) in [4.78, 5) is 14.3. The molecule has 0 spiro atoms. The lowest BCUT2D eigenvalue weighted by atomic mass is 10.1. The van der Waals surface area contributed by atoms with E-state index in [1.54, 1.807) is 24.3 Å². The second-order valence-electron chi connectivity index (χ2n) is 5.14. The van der Waals surface area contributed by atoms with Crippen LogP contribution in [0.5, 0.6) is 0 Å². The molecular formula is C15H21ClN2O2S.